The summed E-state index contributed by atoms with van der Waals surface area (Å²) >= 11 is 9.21. The molecule has 2 rings (SSSR count). The van der Waals surface area contributed by atoms with Crippen LogP contribution in [0.15, 0.2) is 4.99 Å². The molecular weight excluding hydrogens is 274 g/mol. The summed E-state index contributed by atoms with van der Waals surface area (Å²) in [6.45, 7) is 0. The van der Waals surface area contributed by atoms with Crippen LogP contribution in [0.5, 0.6) is 0 Å². The first kappa shape index (κ1) is 15.1. The van der Waals surface area contributed by atoms with Crippen LogP contribution < -0.4 is 10.6 Å². The zero-order chi connectivity index (χ0) is 13.5. The molecule has 2 saturated carbocycles. The highest BCUT2D eigenvalue weighted by molar-refractivity contribution is 8.11. The maximum Gasteiger partial charge on any atom is 0.197 e. The van der Waals surface area contributed by atoms with Gasteiger partial charge in [-0.05, 0) is 25.7 Å². The van der Waals surface area contributed by atoms with E-state index in [1.807, 2.05) is 0 Å². The normalized spacial score (nSPS) is 23.1. The molecular formula is C14H25N3S2. The predicted molar refractivity (Wildman–Crippen MR) is 89.0 cm³/mol. The minimum Gasteiger partial charge on any atom is -0.353 e. The van der Waals surface area contributed by atoms with Gasteiger partial charge in [0.1, 0.15) is 4.32 Å². The van der Waals surface area contributed by atoms with E-state index >= 15 is 0 Å². The molecule has 0 radical (unpaired) electrons. The lowest BCUT2D eigenvalue weighted by Gasteiger charge is -2.26. The monoisotopic (exact) mass is 299 g/mol. The van der Waals surface area contributed by atoms with Gasteiger partial charge in [0, 0.05) is 6.04 Å². The molecule has 0 saturated heterocycles. The lowest BCUT2D eigenvalue weighted by atomic mass is 9.95. The maximum atomic E-state index is 5.04. The Kier molecular flexibility index (Phi) is 6.44. The van der Waals surface area contributed by atoms with E-state index in [0.29, 0.717) is 16.4 Å². The Morgan fingerprint density at radius 1 is 0.947 bits per heavy atom. The second-order valence-corrected chi connectivity index (χ2v) is 6.84. The zero-order valence-electron chi connectivity index (χ0n) is 11.5. The summed E-state index contributed by atoms with van der Waals surface area (Å²) < 4.78 is 0.498. The van der Waals surface area contributed by atoms with Crippen molar-refractivity contribution in [3.8, 4) is 0 Å². The quantitative estimate of drug-likeness (QED) is 0.316. The molecule has 2 N–H and O–H groups in total. The van der Waals surface area contributed by atoms with Crippen molar-refractivity contribution in [1.29, 1.82) is 0 Å². The van der Waals surface area contributed by atoms with E-state index in [4.69, 9.17) is 17.2 Å². The summed E-state index contributed by atoms with van der Waals surface area (Å²) in [5.74, 6) is 0.846. The number of rotatable bonds is 2. The third kappa shape index (κ3) is 5.69. The Hall–Kier alpha value is -0.290. The smallest absolute Gasteiger partial charge is 0.197 e. The molecule has 0 aromatic carbocycles. The minimum atomic E-state index is 0.454. The first-order valence-corrected chi connectivity index (χ1v) is 8.44. The molecule has 2 aliphatic rings. The average Bonchev–Trinajstić information content (AvgIpc) is 2.40. The van der Waals surface area contributed by atoms with Crippen LogP contribution >= 0.6 is 24.8 Å². The van der Waals surface area contributed by atoms with Gasteiger partial charge < -0.3 is 10.6 Å². The topological polar surface area (TPSA) is 36.4 Å². The van der Waals surface area contributed by atoms with Crippen molar-refractivity contribution < 1.29 is 0 Å². The fourth-order valence-electron chi connectivity index (χ4n) is 3.04. The summed E-state index contributed by atoms with van der Waals surface area (Å²) in [6.07, 6.45) is 12.9. The second kappa shape index (κ2) is 8.10. The molecule has 2 fully saturated rings. The molecule has 19 heavy (non-hydrogen) atoms. The Bertz CT molecular complexity index is 319. The summed E-state index contributed by atoms with van der Waals surface area (Å²) in [5, 5.41) is 6.65. The van der Waals surface area contributed by atoms with Crippen LogP contribution in [0.1, 0.15) is 64.2 Å². The fraction of sp³-hybridized carbons (Fsp3) is 0.857. The van der Waals surface area contributed by atoms with E-state index in [-0.39, 0.29) is 0 Å². The van der Waals surface area contributed by atoms with Crippen LogP contribution in [-0.2, 0) is 0 Å². The molecule has 0 bridgehead atoms. The van der Waals surface area contributed by atoms with Crippen LogP contribution in [0.4, 0.5) is 0 Å². The lowest BCUT2D eigenvalue weighted by Crippen LogP contribution is -2.45. The van der Waals surface area contributed by atoms with Gasteiger partial charge in [-0.1, -0.05) is 50.7 Å². The van der Waals surface area contributed by atoms with Gasteiger partial charge in [0.2, 0.25) is 0 Å². The molecule has 0 aromatic rings. The molecule has 0 unspecified atom stereocenters. The van der Waals surface area contributed by atoms with Crippen molar-refractivity contribution in [2.75, 3.05) is 0 Å². The van der Waals surface area contributed by atoms with Crippen LogP contribution in [0.25, 0.3) is 0 Å². The SMILES string of the molecule is S=C(S)NC(=NC1CCCCC1)NC1CCCCC1. The standard InChI is InChI=1S/C14H25N3S2/c18-14(19)17-13(15-11-7-3-1-4-8-11)16-12-9-5-2-6-10-12/h11-12H,1-10H2,(H3,15,16,17,18,19). The van der Waals surface area contributed by atoms with Crippen molar-refractivity contribution in [1.82, 2.24) is 10.6 Å². The molecule has 2 aliphatic carbocycles. The molecule has 3 nitrogen and oxygen atoms in total. The summed E-state index contributed by atoms with van der Waals surface area (Å²) in [6, 6.07) is 1.00. The van der Waals surface area contributed by atoms with Gasteiger partial charge in [0.05, 0.1) is 6.04 Å². The Morgan fingerprint density at radius 3 is 2.11 bits per heavy atom. The van der Waals surface area contributed by atoms with E-state index < -0.39 is 0 Å². The number of aliphatic imine (C=N–C) groups is 1. The molecule has 0 amide bonds. The first-order chi connectivity index (χ1) is 9.24. The lowest BCUT2D eigenvalue weighted by molar-refractivity contribution is 0.406. The van der Waals surface area contributed by atoms with Gasteiger partial charge in [0.15, 0.2) is 5.96 Å². The molecule has 0 aliphatic heterocycles. The minimum absolute atomic E-state index is 0.454. The van der Waals surface area contributed by atoms with Crippen molar-refractivity contribution in [3.63, 3.8) is 0 Å². The van der Waals surface area contributed by atoms with E-state index in [2.05, 4.69) is 23.3 Å². The largest absolute Gasteiger partial charge is 0.353 e. The Labute approximate surface area is 127 Å². The number of nitrogens with one attached hydrogen (secondary N) is 2. The van der Waals surface area contributed by atoms with Gasteiger partial charge in [0.25, 0.3) is 0 Å². The third-order valence-electron chi connectivity index (χ3n) is 4.06. The summed E-state index contributed by atoms with van der Waals surface area (Å²) in [4.78, 5) is 4.83. The number of thiocarbonyl (C=S) groups is 1. The first-order valence-electron chi connectivity index (χ1n) is 7.58. The highest BCUT2D eigenvalue weighted by Gasteiger charge is 2.17. The number of hydrogen-bond acceptors (Lipinski definition) is 2. The molecule has 0 heterocycles. The average molecular weight is 300 g/mol. The van der Waals surface area contributed by atoms with Gasteiger partial charge in [-0.25, -0.2) is 4.99 Å². The van der Waals surface area contributed by atoms with Crippen LogP contribution in [0.3, 0.4) is 0 Å². The number of guanidine groups is 1. The van der Waals surface area contributed by atoms with E-state index in [9.17, 15) is 0 Å². The van der Waals surface area contributed by atoms with Gasteiger partial charge in [-0.15, -0.1) is 12.6 Å². The molecule has 0 spiro atoms. The van der Waals surface area contributed by atoms with Crippen molar-refractivity contribution in [2.24, 2.45) is 4.99 Å². The fourth-order valence-corrected chi connectivity index (χ4v) is 3.24. The highest BCUT2D eigenvalue weighted by atomic mass is 32.1. The Morgan fingerprint density at radius 2 is 1.53 bits per heavy atom. The Balaban J connectivity index is 1.92. The van der Waals surface area contributed by atoms with Gasteiger partial charge in [-0.2, -0.15) is 0 Å². The van der Waals surface area contributed by atoms with Gasteiger partial charge in [-0.3, -0.25) is 0 Å². The molecule has 0 aromatic heterocycles. The molecule has 5 heteroatoms. The van der Waals surface area contributed by atoms with E-state index in [1.54, 1.807) is 0 Å². The number of hydrogen-bond donors (Lipinski definition) is 3. The third-order valence-corrected chi connectivity index (χ3v) is 4.27. The van der Waals surface area contributed by atoms with E-state index in [0.717, 1.165) is 5.96 Å². The van der Waals surface area contributed by atoms with Crippen molar-refractivity contribution >= 4 is 35.1 Å². The predicted octanol–water partition coefficient (Wildman–Crippen LogP) is 3.40. The molecule has 108 valence electrons. The summed E-state index contributed by atoms with van der Waals surface area (Å²) in [5.41, 5.74) is 0. The summed E-state index contributed by atoms with van der Waals surface area (Å²) in [7, 11) is 0. The highest BCUT2D eigenvalue weighted by Crippen LogP contribution is 2.21. The van der Waals surface area contributed by atoms with Crippen LogP contribution in [-0.4, -0.2) is 22.4 Å². The second-order valence-electron chi connectivity index (χ2n) is 5.68. The molecule has 0 atom stereocenters. The van der Waals surface area contributed by atoms with Crippen molar-refractivity contribution in [2.45, 2.75) is 76.3 Å². The van der Waals surface area contributed by atoms with E-state index in [1.165, 1.54) is 64.2 Å². The number of nitrogens with zero attached hydrogens (tertiary/aromatic N) is 1. The van der Waals surface area contributed by atoms with Crippen molar-refractivity contribution in [3.05, 3.63) is 0 Å². The zero-order valence-corrected chi connectivity index (χ0v) is 13.2. The van der Waals surface area contributed by atoms with Crippen LogP contribution in [0.2, 0.25) is 0 Å². The van der Waals surface area contributed by atoms with Gasteiger partial charge >= 0.3 is 0 Å². The van der Waals surface area contributed by atoms with Crippen LogP contribution in [0, 0.1) is 0 Å². The maximum absolute atomic E-state index is 5.04. The number of thiol groups is 1.